The van der Waals surface area contributed by atoms with Crippen LogP contribution >= 0.6 is 0 Å². The Morgan fingerprint density at radius 1 is 1.53 bits per heavy atom. The van der Waals surface area contributed by atoms with E-state index in [-0.39, 0.29) is 12.1 Å². The predicted octanol–water partition coefficient (Wildman–Crippen LogP) is 0.860. The van der Waals surface area contributed by atoms with Crippen LogP contribution in [0.25, 0.3) is 0 Å². The quantitative estimate of drug-likeness (QED) is 0.759. The van der Waals surface area contributed by atoms with Gasteiger partial charge >= 0.3 is 0 Å². The Hall–Kier alpha value is -0.870. The summed E-state index contributed by atoms with van der Waals surface area (Å²) in [4.78, 5) is 0. The van der Waals surface area contributed by atoms with Crippen LogP contribution in [0.15, 0.2) is 6.07 Å². The Kier molecular flexibility index (Phi) is 3.88. The minimum atomic E-state index is -0.294. The van der Waals surface area contributed by atoms with Gasteiger partial charge in [0, 0.05) is 5.69 Å². The average Bonchev–Trinajstić information content (AvgIpc) is 2.45. The van der Waals surface area contributed by atoms with Gasteiger partial charge in [-0.2, -0.15) is 5.10 Å². The van der Waals surface area contributed by atoms with Crippen LogP contribution in [0.3, 0.4) is 0 Å². The molecule has 1 aromatic heterocycles. The van der Waals surface area contributed by atoms with E-state index >= 15 is 0 Å². The summed E-state index contributed by atoms with van der Waals surface area (Å²) in [6.07, 6.45) is 0. The van der Waals surface area contributed by atoms with Gasteiger partial charge in [0.25, 0.3) is 0 Å². The van der Waals surface area contributed by atoms with Crippen molar-refractivity contribution in [2.24, 2.45) is 0 Å². The molecular formula is C11H21N3O. The minimum Gasteiger partial charge on any atom is -0.394 e. The normalized spacial score (nSPS) is 15.3. The number of aliphatic hydroxyl groups excluding tert-OH is 1. The summed E-state index contributed by atoms with van der Waals surface area (Å²) in [5.41, 5.74) is 1.85. The molecule has 1 atom stereocenters. The van der Waals surface area contributed by atoms with E-state index in [4.69, 9.17) is 0 Å². The third-order valence-electron chi connectivity index (χ3n) is 2.55. The summed E-state index contributed by atoms with van der Waals surface area (Å²) in [6, 6.07) is 2.05. The summed E-state index contributed by atoms with van der Waals surface area (Å²) >= 11 is 0. The summed E-state index contributed by atoms with van der Waals surface area (Å²) in [6.45, 7) is 9.70. The molecule has 0 amide bonds. The maximum atomic E-state index is 9.37. The lowest BCUT2D eigenvalue weighted by Gasteiger charge is -2.28. The third kappa shape index (κ3) is 3.04. The van der Waals surface area contributed by atoms with Crippen molar-refractivity contribution in [3.8, 4) is 0 Å². The molecular weight excluding hydrogens is 190 g/mol. The molecule has 4 heteroatoms. The highest BCUT2D eigenvalue weighted by Crippen LogP contribution is 2.10. The Balaban J connectivity index is 2.78. The second-order valence-electron chi connectivity index (χ2n) is 4.33. The molecule has 0 aromatic carbocycles. The molecule has 1 aromatic rings. The maximum absolute atomic E-state index is 9.37. The zero-order chi connectivity index (χ0) is 11.5. The molecule has 0 saturated carbocycles. The molecule has 0 aliphatic rings. The van der Waals surface area contributed by atoms with Crippen LogP contribution in [0.5, 0.6) is 0 Å². The van der Waals surface area contributed by atoms with E-state index < -0.39 is 0 Å². The molecule has 1 unspecified atom stereocenters. The molecule has 1 heterocycles. The maximum Gasteiger partial charge on any atom is 0.0628 e. The summed E-state index contributed by atoms with van der Waals surface area (Å²) < 4.78 is 1.94. The van der Waals surface area contributed by atoms with Crippen molar-refractivity contribution < 1.29 is 5.11 Å². The van der Waals surface area contributed by atoms with Crippen LogP contribution in [0.2, 0.25) is 0 Å². The van der Waals surface area contributed by atoms with Gasteiger partial charge in [0.15, 0.2) is 0 Å². The molecule has 0 spiro atoms. The highest BCUT2D eigenvalue weighted by atomic mass is 16.3. The molecule has 0 saturated heterocycles. The fourth-order valence-electron chi connectivity index (χ4n) is 1.75. The first-order valence-electron chi connectivity index (χ1n) is 5.37. The number of nitrogens with zero attached hydrogens (tertiary/aromatic N) is 2. The third-order valence-corrected chi connectivity index (χ3v) is 2.55. The summed E-state index contributed by atoms with van der Waals surface area (Å²) in [5, 5.41) is 17.0. The van der Waals surface area contributed by atoms with Crippen LogP contribution in [-0.4, -0.2) is 33.6 Å². The highest BCUT2D eigenvalue weighted by molar-refractivity contribution is 5.07. The van der Waals surface area contributed by atoms with Crippen molar-refractivity contribution in [2.75, 3.05) is 13.2 Å². The van der Waals surface area contributed by atoms with Gasteiger partial charge in [-0.25, -0.2) is 0 Å². The van der Waals surface area contributed by atoms with E-state index in [9.17, 15) is 5.11 Å². The van der Waals surface area contributed by atoms with E-state index in [2.05, 4.69) is 10.4 Å². The smallest absolute Gasteiger partial charge is 0.0628 e. The zero-order valence-corrected chi connectivity index (χ0v) is 10.0. The minimum absolute atomic E-state index is 0.110. The lowest BCUT2D eigenvalue weighted by atomic mass is 10.0. The molecule has 0 aliphatic carbocycles. The average molecular weight is 211 g/mol. The summed E-state index contributed by atoms with van der Waals surface area (Å²) in [5.74, 6) is 0. The van der Waals surface area contributed by atoms with Gasteiger partial charge in [-0.05, 0) is 33.4 Å². The number of aliphatic hydroxyl groups is 1. The first kappa shape index (κ1) is 12.2. The van der Waals surface area contributed by atoms with Crippen LogP contribution in [-0.2, 0) is 6.54 Å². The topological polar surface area (TPSA) is 50.1 Å². The molecule has 0 bridgehead atoms. The molecule has 86 valence electrons. The largest absolute Gasteiger partial charge is 0.394 e. The number of nitrogens with one attached hydrogen (secondary N) is 1. The van der Waals surface area contributed by atoms with Gasteiger partial charge in [-0.15, -0.1) is 0 Å². The molecule has 2 N–H and O–H groups in total. The molecule has 4 nitrogen and oxygen atoms in total. The molecule has 1 rings (SSSR count). The molecule has 0 aliphatic heterocycles. The van der Waals surface area contributed by atoms with Crippen LogP contribution in [0.1, 0.15) is 25.2 Å². The van der Waals surface area contributed by atoms with Crippen molar-refractivity contribution in [3.63, 3.8) is 0 Å². The fourth-order valence-corrected chi connectivity index (χ4v) is 1.75. The van der Waals surface area contributed by atoms with E-state index in [1.54, 1.807) is 0 Å². The van der Waals surface area contributed by atoms with Crippen molar-refractivity contribution in [3.05, 3.63) is 17.5 Å². The Bertz CT molecular complexity index is 322. The van der Waals surface area contributed by atoms with Gasteiger partial charge in [0.1, 0.15) is 0 Å². The zero-order valence-electron chi connectivity index (χ0n) is 10.0. The van der Waals surface area contributed by atoms with Crippen LogP contribution in [0.4, 0.5) is 0 Å². The van der Waals surface area contributed by atoms with Crippen LogP contribution < -0.4 is 5.32 Å². The van der Waals surface area contributed by atoms with E-state index in [1.165, 1.54) is 0 Å². The van der Waals surface area contributed by atoms with E-state index in [0.717, 1.165) is 17.9 Å². The first-order chi connectivity index (χ1) is 7.00. The van der Waals surface area contributed by atoms with Gasteiger partial charge in [-0.3, -0.25) is 4.68 Å². The van der Waals surface area contributed by atoms with Gasteiger partial charge < -0.3 is 10.4 Å². The molecule has 0 fully saturated rings. The number of rotatable bonds is 5. The number of hydrogen-bond donors (Lipinski definition) is 2. The van der Waals surface area contributed by atoms with Gasteiger partial charge in [0.2, 0.25) is 0 Å². The number of aromatic nitrogens is 2. The fraction of sp³-hybridized carbons (Fsp3) is 0.727. The second-order valence-corrected chi connectivity index (χ2v) is 4.33. The van der Waals surface area contributed by atoms with Gasteiger partial charge in [0.05, 0.1) is 24.4 Å². The van der Waals surface area contributed by atoms with Gasteiger partial charge in [-0.1, -0.05) is 6.92 Å². The second kappa shape index (κ2) is 4.77. The Morgan fingerprint density at radius 3 is 2.60 bits per heavy atom. The van der Waals surface area contributed by atoms with Crippen molar-refractivity contribution in [1.29, 1.82) is 0 Å². The van der Waals surface area contributed by atoms with Crippen molar-refractivity contribution in [2.45, 2.75) is 39.8 Å². The lowest BCUT2D eigenvalue weighted by Crippen LogP contribution is -2.49. The Labute approximate surface area is 91.3 Å². The molecule has 15 heavy (non-hydrogen) atoms. The standard InChI is InChI=1S/C11H21N3O/c1-5-12-11(4,8-15)7-14-10(3)6-9(2)13-14/h6,12,15H,5,7-8H2,1-4H3. The van der Waals surface area contributed by atoms with Crippen LogP contribution in [0, 0.1) is 13.8 Å². The number of hydrogen-bond acceptors (Lipinski definition) is 3. The monoisotopic (exact) mass is 211 g/mol. The van der Waals surface area contributed by atoms with Crippen molar-refractivity contribution >= 4 is 0 Å². The SMILES string of the molecule is CCNC(C)(CO)Cn1nc(C)cc1C. The molecule has 0 radical (unpaired) electrons. The van der Waals surface area contributed by atoms with Crippen molar-refractivity contribution in [1.82, 2.24) is 15.1 Å². The predicted molar refractivity (Wildman–Crippen MR) is 60.9 cm³/mol. The number of aryl methyl sites for hydroxylation is 2. The first-order valence-corrected chi connectivity index (χ1v) is 5.37. The number of likely N-dealkylation sites (N-methyl/N-ethyl adjacent to an activating group) is 1. The van der Waals surface area contributed by atoms with E-state index in [1.807, 2.05) is 38.4 Å². The highest BCUT2D eigenvalue weighted by Gasteiger charge is 2.23. The van der Waals surface area contributed by atoms with E-state index in [0.29, 0.717) is 6.54 Å². The lowest BCUT2D eigenvalue weighted by molar-refractivity contribution is 0.154. The Morgan fingerprint density at radius 2 is 2.20 bits per heavy atom. The summed E-state index contributed by atoms with van der Waals surface area (Å²) in [7, 11) is 0.